The minimum atomic E-state index is -0.160. The molecule has 2 N–H and O–H groups in total. The molecule has 100 valence electrons. The Morgan fingerprint density at radius 2 is 1.85 bits per heavy atom. The van der Waals surface area contributed by atoms with Gasteiger partial charge in [0.15, 0.2) is 0 Å². The minimum Gasteiger partial charge on any atom is -0.497 e. The molecule has 0 spiro atoms. The number of ether oxygens (including phenoxy) is 1. The van der Waals surface area contributed by atoms with Gasteiger partial charge < -0.3 is 10.5 Å². The minimum absolute atomic E-state index is 0.160. The standard InChI is InChI=1S/C17H16N2O/c1-20-14-7-5-12(6-8-14)17(18)16-4-2-3-13-11-19-10-9-15(13)16/h2-11,17H,18H2,1H3. The van der Waals surface area contributed by atoms with Crippen LogP contribution in [0.2, 0.25) is 0 Å². The van der Waals surface area contributed by atoms with E-state index in [0.717, 1.165) is 27.6 Å². The molecule has 0 aliphatic rings. The third-order valence-electron chi connectivity index (χ3n) is 3.52. The van der Waals surface area contributed by atoms with E-state index in [1.165, 1.54) is 0 Å². The Balaban J connectivity index is 2.05. The van der Waals surface area contributed by atoms with Crippen molar-refractivity contribution < 1.29 is 4.74 Å². The topological polar surface area (TPSA) is 48.1 Å². The molecule has 3 nitrogen and oxygen atoms in total. The van der Waals surface area contributed by atoms with Crippen molar-refractivity contribution in [2.75, 3.05) is 7.11 Å². The molecule has 3 aromatic rings. The number of methoxy groups -OCH3 is 1. The molecule has 1 heterocycles. The zero-order valence-corrected chi connectivity index (χ0v) is 11.3. The Morgan fingerprint density at radius 3 is 2.60 bits per heavy atom. The van der Waals surface area contributed by atoms with E-state index in [4.69, 9.17) is 10.5 Å². The lowest BCUT2D eigenvalue weighted by Gasteiger charge is -2.15. The molecule has 0 amide bonds. The lowest BCUT2D eigenvalue weighted by Crippen LogP contribution is -2.12. The van der Waals surface area contributed by atoms with Crippen molar-refractivity contribution in [2.24, 2.45) is 5.73 Å². The van der Waals surface area contributed by atoms with Crippen molar-refractivity contribution in [3.8, 4) is 5.75 Å². The molecule has 0 fully saturated rings. The summed E-state index contributed by atoms with van der Waals surface area (Å²) in [5.74, 6) is 0.836. The molecule has 0 aliphatic carbocycles. The number of fused-ring (bicyclic) bond motifs is 1. The second-order valence-electron chi connectivity index (χ2n) is 4.69. The Morgan fingerprint density at radius 1 is 1.05 bits per heavy atom. The van der Waals surface area contributed by atoms with Gasteiger partial charge in [-0.15, -0.1) is 0 Å². The quantitative estimate of drug-likeness (QED) is 0.789. The SMILES string of the molecule is COc1ccc(C(N)c2cccc3cnccc23)cc1. The molecular weight excluding hydrogens is 248 g/mol. The zero-order chi connectivity index (χ0) is 13.9. The summed E-state index contributed by atoms with van der Waals surface area (Å²) in [6.45, 7) is 0. The van der Waals surface area contributed by atoms with Crippen LogP contribution in [0.4, 0.5) is 0 Å². The lowest BCUT2D eigenvalue weighted by atomic mass is 9.95. The summed E-state index contributed by atoms with van der Waals surface area (Å²) < 4.78 is 5.18. The number of pyridine rings is 1. The molecule has 0 saturated carbocycles. The molecule has 1 atom stereocenters. The van der Waals surface area contributed by atoms with Gasteiger partial charge in [-0.25, -0.2) is 0 Å². The second-order valence-corrected chi connectivity index (χ2v) is 4.69. The fraction of sp³-hybridized carbons (Fsp3) is 0.118. The summed E-state index contributed by atoms with van der Waals surface area (Å²) in [5, 5.41) is 2.25. The summed E-state index contributed by atoms with van der Waals surface area (Å²) in [6, 6.07) is 15.9. The third-order valence-corrected chi connectivity index (χ3v) is 3.52. The normalized spacial score (nSPS) is 12.3. The molecule has 0 radical (unpaired) electrons. The van der Waals surface area contributed by atoms with Gasteiger partial charge in [0.2, 0.25) is 0 Å². The molecule has 1 aromatic heterocycles. The first-order valence-electron chi connectivity index (χ1n) is 6.52. The molecule has 3 heteroatoms. The second kappa shape index (κ2) is 5.31. The summed E-state index contributed by atoms with van der Waals surface area (Å²) in [5.41, 5.74) is 8.58. The van der Waals surface area contributed by atoms with Crippen LogP contribution in [-0.4, -0.2) is 12.1 Å². The lowest BCUT2D eigenvalue weighted by molar-refractivity contribution is 0.414. The molecule has 0 bridgehead atoms. The van der Waals surface area contributed by atoms with Crippen molar-refractivity contribution in [1.29, 1.82) is 0 Å². The van der Waals surface area contributed by atoms with Crippen LogP contribution in [0.15, 0.2) is 60.9 Å². The number of hydrogen-bond donors (Lipinski definition) is 1. The van der Waals surface area contributed by atoms with Crippen LogP contribution in [-0.2, 0) is 0 Å². The van der Waals surface area contributed by atoms with Crippen LogP contribution in [0.3, 0.4) is 0 Å². The monoisotopic (exact) mass is 264 g/mol. The molecule has 1 unspecified atom stereocenters. The van der Waals surface area contributed by atoms with Gasteiger partial charge in [0.05, 0.1) is 13.2 Å². The van der Waals surface area contributed by atoms with Crippen molar-refractivity contribution in [1.82, 2.24) is 4.98 Å². The Hall–Kier alpha value is -2.39. The fourth-order valence-electron chi connectivity index (χ4n) is 2.41. The van der Waals surface area contributed by atoms with Crippen LogP contribution < -0.4 is 10.5 Å². The molecule has 0 aliphatic heterocycles. The largest absolute Gasteiger partial charge is 0.497 e. The predicted molar refractivity (Wildman–Crippen MR) is 80.8 cm³/mol. The van der Waals surface area contributed by atoms with Crippen LogP contribution in [0.5, 0.6) is 5.75 Å². The Labute approximate surface area is 118 Å². The highest BCUT2D eigenvalue weighted by atomic mass is 16.5. The summed E-state index contributed by atoms with van der Waals surface area (Å²) >= 11 is 0. The van der Waals surface area contributed by atoms with Crippen molar-refractivity contribution in [2.45, 2.75) is 6.04 Å². The zero-order valence-electron chi connectivity index (χ0n) is 11.3. The molecule has 2 aromatic carbocycles. The van der Waals surface area contributed by atoms with Crippen LogP contribution >= 0.6 is 0 Å². The van der Waals surface area contributed by atoms with Crippen molar-refractivity contribution >= 4 is 10.8 Å². The van der Waals surface area contributed by atoms with Gasteiger partial charge in [-0.3, -0.25) is 4.98 Å². The molecule has 0 saturated heterocycles. The van der Waals surface area contributed by atoms with Crippen LogP contribution in [0, 0.1) is 0 Å². The van der Waals surface area contributed by atoms with E-state index in [2.05, 4.69) is 11.1 Å². The van der Waals surface area contributed by atoms with Gasteiger partial charge in [-0.1, -0.05) is 30.3 Å². The van der Waals surface area contributed by atoms with Gasteiger partial charge in [0.1, 0.15) is 5.75 Å². The Bertz CT molecular complexity index is 717. The first-order valence-corrected chi connectivity index (χ1v) is 6.52. The number of hydrogen-bond acceptors (Lipinski definition) is 3. The third kappa shape index (κ3) is 2.24. The number of benzene rings is 2. The van der Waals surface area contributed by atoms with Gasteiger partial charge in [0.25, 0.3) is 0 Å². The van der Waals surface area contributed by atoms with Gasteiger partial charge in [-0.05, 0) is 34.7 Å². The maximum absolute atomic E-state index is 6.41. The fourth-order valence-corrected chi connectivity index (χ4v) is 2.41. The highest BCUT2D eigenvalue weighted by Gasteiger charge is 2.12. The van der Waals surface area contributed by atoms with Gasteiger partial charge in [-0.2, -0.15) is 0 Å². The van der Waals surface area contributed by atoms with E-state index in [1.807, 2.05) is 48.7 Å². The van der Waals surface area contributed by atoms with Crippen LogP contribution in [0.1, 0.15) is 17.2 Å². The van der Waals surface area contributed by atoms with Crippen molar-refractivity contribution in [3.63, 3.8) is 0 Å². The number of aromatic nitrogens is 1. The van der Waals surface area contributed by atoms with E-state index < -0.39 is 0 Å². The first-order chi connectivity index (χ1) is 9.79. The molecular formula is C17H16N2O. The van der Waals surface area contributed by atoms with Gasteiger partial charge in [0, 0.05) is 17.8 Å². The molecule has 20 heavy (non-hydrogen) atoms. The van der Waals surface area contributed by atoms with Crippen molar-refractivity contribution in [3.05, 3.63) is 72.1 Å². The predicted octanol–water partition coefficient (Wildman–Crippen LogP) is 3.29. The maximum Gasteiger partial charge on any atom is 0.118 e. The first kappa shape index (κ1) is 12.6. The maximum atomic E-state index is 6.41. The smallest absolute Gasteiger partial charge is 0.118 e. The highest BCUT2D eigenvalue weighted by Crippen LogP contribution is 2.27. The van der Waals surface area contributed by atoms with Gasteiger partial charge >= 0.3 is 0 Å². The average Bonchev–Trinajstić information content (AvgIpc) is 2.54. The summed E-state index contributed by atoms with van der Waals surface area (Å²) in [6.07, 6.45) is 3.66. The average molecular weight is 264 g/mol. The highest BCUT2D eigenvalue weighted by molar-refractivity contribution is 5.85. The number of nitrogens with two attached hydrogens (primary N) is 1. The Kier molecular flexibility index (Phi) is 3.35. The molecule has 3 rings (SSSR count). The number of rotatable bonds is 3. The van der Waals surface area contributed by atoms with E-state index in [-0.39, 0.29) is 6.04 Å². The van der Waals surface area contributed by atoms with E-state index in [1.54, 1.807) is 13.3 Å². The number of nitrogens with zero attached hydrogens (tertiary/aromatic N) is 1. The van der Waals surface area contributed by atoms with Crippen LogP contribution in [0.25, 0.3) is 10.8 Å². The summed E-state index contributed by atoms with van der Waals surface area (Å²) in [4.78, 5) is 4.15. The van der Waals surface area contributed by atoms with E-state index >= 15 is 0 Å². The summed E-state index contributed by atoms with van der Waals surface area (Å²) in [7, 11) is 1.66. The van der Waals surface area contributed by atoms with E-state index in [9.17, 15) is 0 Å². The van der Waals surface area contributed by atoms with E-state index in [0.29, 0.717) is 0 Å².